The summed E-state index contributed by atoms with van der Waals surface area (Å²) in [6.45, 7) is 3.62. The quantitative estimate of drug-likeness (QED) is 0.654. The van der Waals surface area contributed by atoms with E-state index in [9.17, 15) is 9.59 Å². The zero-order valence-electron chi connectivity index (χ0n) is 12.1. The Labute approximate surface area is 137 Å². The van der Waals surface area contributed by atoms with Crippen molar-refractivity contribution in [2.24, 2.45) is 10.2 Å². The molecular weight excluding hydrogens is 324 g/mol. The molecule has 1 unspecified atom stereocenters. The molecule has 0 saturated carbocycles. The first-order valence-corrected chi connectivity index (χ1v) is 7.81. The zero-order valence-corrected chi connectivity index (χ0v) is 13.7. The second-order valence-corrected chi connectivity index (χ2v) is 6.44. The van der Waals surface area contributed by atoms with Crippen molar-refractivity contribution in [1.82, 2.24) is 5.32 Å². The number of nitrogens with one attached hydrogen (secondary N) is 2. The van der Waals surface area contributed by atoms with Crippen LogP contribution in [0.15, 0.2) is 34.5 Å². The van der Waals surface area contributed by atoms with Crippen LogP contribution < -0.4 is 10.6 Å². The average molecular weight is 339 g/mol. The van der Waals surface area contributed by atoms with Gasteiger partial charge in [0.15, 0.2) is 5.17 Å². The molecule has 0 aliphatic carbocycles. The van der Waals surface area contributed by atoms with Gasteiger partial charge >= 0.3 is 0 Å². The number of anilines is 1. The van der Waals surface area contributed by atoms with Crippen LogP contribution in [0.2, 0.25) is 5.02 Å². The standard InChI is InChI=1S/C14H15ClN4O2S/c1-8(2)18-19-14-17-13(21)11(22-14)7-12(20)16-10-5-3-9(15)4-6-10/h3-6,11H,7H2,1-2H3,(H,16,20)(H,17,19,21). The van der Waals surface area contributed by atoms with Gasteiger partial charge in [-0.25, -0.2) is 0 Å². The van der Waals surface area contributed by atoms with Gasteiger partial charge in [0.1, 0.15) is 5.25 Å². The third kappa shape index (κ3) is 4.85. The lowest BCUT2D eigenvalue weighted by Gasteiger charge is -2.07. The van der Waals surface area contributed by atoms with Gasteiger partial charge in [-0.15, -0.1) is 5.10 Å². The number of amides is 2. The highest BCUT2D eigenvalue weighted by Crippen LogP contribution is 2.23. The van der Waals surface area contributed by atoms with E-state index in [1.54, 1.807) is 24.3 Å². The molecule has 2 N–H and O–H groups in total. The highest BCUT2D eigenvalue weighted by atomic mass is 35.5. The summed E-state index contributed by atoms with van der Waals surface area (Å²) in [6, 6.07) is 6.77. The van der Waals surface area contributed by atoms with Crippen LogP contribution >= 0.6 is 23.4 Å². The van der Waals surface area contributed by atoms with E-state index in [1.807, 2.05) is 13.8 Å². The minimum absolute atomic E-state index is 0.0625. The maximum atomic E-state index is 12.0. The Kier molecular flexibility index (Phi) is 5.57. The summed E-state index contributed by atoms with van der Waals surface area (Å²) in [6.07, 6.45) is 0.0625. The zero-order chi connectivity index (χ0) is 16.1. The molecule has 0 spiro atoms. The van der Waals surface area contributed by atoms with E-state index in [2.05, 4.69) is 20.8 Å². The highest BCUT2D eigenvalue weighted by molar-refractivity contribution is 8.15. The number of carbonyl (C=O) groups is 2. The molecule has 1 fully saturated rings. The number of carbonyl (C=O) groups excluding carboxylic acids is 2. The van der Waals surface area contributed by atoms with Crippen LogP contribution in [-0.4, -0.2) is 27.9 Å². The normalized spacial score (nSPS) is 19.0. The third-order valence-corrected chi connectivity index (χ3v) is 3.94. The van der Waals surface area contributed by atoms with Crippen molar-refractivity contribution in [2.75, 3.05) is 5.32 Å². The topological polar surface area (TPSA) is 82.9 Å². The summed E-state index contributed by atoms with van der Waals surface area (Å²) in [4.78, 5) is 23.8. The summed E-state index contributed by atoms with van der Waals surface area (Å²) in [5.41, 5.74) is 1.42. The van der Waals surface area contributed by atoms with Gasteiger partial charge in [-0.3, -0.25) is 9.59 Å². The van der Waals surface area contributed by atoms with Crippen molar-refractivity contribution >= 4 is 51.7 Å². The molecule has 22 heavy (non-hydrogen) atoms. The molecule has 1 heterocycles. The molecule has 1 aromatic carbocycles. The van der Waals surface area contributed by atoms with Crippen molar-refractivity contribution in [2.45, 2.75) is 25.5 Å². The Morgan fingerprint density at radius 3 is 2.68 bits per heavy atom. The summed E-state index contributed by atoms with van der Waals surface area (Å²) < 4.78 is 0. The second kappa shape index (κ2) is 7.42. The van der Waals surface area contributed by atoms with Crippen LogP contribution in [0.5, 0.6) is 0 Å². The molecular formula is C14H15ClN4O2S. The lowest BCUT2D eigenvalue weighted by molar-refractivity contribution is -0.122. The van der Waals surface area contributed by atoms with Gasteiger partial charge in [0.25, 0.3) is 0 Å². The first-order chi connectivity index (χ1) is 10.4. The summed E-state index contributed by atoms with van der Waals surface area (Å²) in [5, 5.41) is 13.6. The minimum Gasteiger partial charge on any atom is -0.326 e. The fourth-order valence-electron chi connectivity index (χ4n) is 1.65. The molecule has 0 bridgehead atoms. The van der Waals surface area contributed by atoms with Gasteiger partial charge in [0, 0.05) is 22.8 Å². The van der Waals surface area contributed by atoms with Crippen LogP contribution in [0.4, 0.5) is 5.69 Å². The summed E-state index contributed by atoms with van der Waals surface area (Å²) in [5.74, 6) is -0.481. The van der Waals surface area contributed by atoms with Gasteiger partial charge in [-0.2, -0.15) is 5.10 Å². The smallest absolute Gasteiger partial charge is 0.240 e. The van der Waals surface area contributed by atoms with E-state index in [-0.39, 0.29) is 18.2 Å². The number of halogens is 1. The molecule has 0 radical (unpaired) electrons. The van der Waals surface area contributed by atoms with E-state index in [4.69, 9.17) is 11.6 Å². The summed E-state index contributed by atoms with van der Waals surface area (Å²) in [7, 11) is 0. The molecule has 1 aromatic rings. The SMILES string of the molecule is CC(C)=NN=C1NC(=O)C(CC(=O)Nc2ccc(Cl)cc2)S1. The van der Waals surface area contributed by atoms with Gasteiger partial charge in [-0.1, -0.05) is 23.4 Å². The Hall–Kier alpha value is -1.86. The van der Waals surface area contributed by atoms with Crippen molar-refractivity contribution in [3.8, 4) is 0 Å². The number of thioether (sulfide) groups is 1. The Bertz CT molecular complexity index is 639. The molecule has 0 aromatic heterocycles. The van der Waals surface area contributed by atoms with Crippen molar-refractivity contribution in [3.63, 3.8) is 0 Å². The van der Waals surface area contributed by atoms with Crippen LogP contribution in [0, 0.1) is 0 Å². The van der Waals surface area contributed by atoms with E-state index >= 15 is 0 Å². The molecule has 1 aliphatic rings. The molecule has 116 valence electrons. The number of amidine groups is 1. The predicted octanol–water partition coefficient (Wildman–Crippen LogP) is 2.65. The largest absolute Gasteiger partial charge is 0.326 e. The molecule has 2 rings (SSSR count). The fraction of sp³-hybridized carbons (Fsp3) is 0.286. The third-order valence-electron chi connectivity index (χ3n) is 2.62. The predicted molar refractivity (Wildman–Crippen MR) is 90.4 cm³/mol. The number of benzene rings is 1. The monoisotopic (exact) mass is 338 g/mol. The fourth-order valence-corrected chi connectivity index (χ4v) is 2.69. The average Bonchev–Trinajstić information content (AvgIpc) is 2.79. The van der Waals surface area contributed by atoms with Crippen LogP contribution in [0.3, 0.4) is 0 Å². The maximum Gasteiger partial charge on any atom is 0.240 e. The molecule has 1 aliphatic heterocycles. The number of hydrogen-bond donors (Lipinski definition) is 2. The molecule has 8 heteroatoms. The molecule has 2 amide bonds. The van der Waals surface area contributed by atoms with Gasteiger partial charge < -0.3 is 10.6 Å². The Morgan fingerprint density at radius 2 is 2.05 bits per heavy atom. The minimum atomic E-state index is -0.501. The van der Waals surface area contributed by atoms with Gasteiger partial charge in [0.2, 0.25) is 11.8 Å². The molecule has 6 nitrogen and oxygen atoms in total. The Morgan fingerprint density at radius 1 is 1.36 bits per heavy atom. The number of rotatable bonds is 4. The highest BCUT2D eigenvalue weighted by Gasteiger charge is 2.32. The lowest BCUT2D eigenvalue weighted by atomic mass is 10.2. The van der Waals surface area contributed by atoms with Gasteiger partial charge in [-0.05, 0) is 38.1 Å². The summed E-state index contributed by atoms with van der Waals surface area (Å²) >= 11 is 6.98. The van der Waals surface area contributed by atoms with Crippen molar-refractivity contribution < 1.29 is 9.59 Å². The Balaban J connectivity index is 1.92. The molecule has 1 saturated heterocycles. The van der Waals surface area contributed by atoms with E-state index in [0.29, 0.717) is 15.9 Å². The van der Waals surface area contributed by atoms with Crippen molar-refractivity contribution in [1.29, 1.82) is 0 Å². The number of nitrogens with zero attached hydrogens (tertiary/aromatic N) is 2. The second-order valence-electron chi connectivity index (χ2n) is 4.81. The maximum absolute atomic E-state index is 12.0. The van der Waals surface area contributed by atoms with E-state index in [0.717, 1.165) is 5.71 Å². The lowest BCUT2D eigenvalue weighted by Crippen LogP contribution is -2.28. The first-order valence-electron chi connectivity index (χ1n) is 6.56. The van der Waals surface area contributed by atoms with Gasteiger partial charge in [0.05, 0.1) is 0 Å². The van der Waals surface area contributed by atoms with Crippen LogP contribution in [-0.2, 0) is 9.59 Å². The number of hydrogen-bond acceptors (Lipinski definition) is 5. The first kappa shape index (κ1) is 16.5. The molecule has 1 atom stereocenters. The van der Waals surface area contributed by atoms with E-state index < -0.39 is 5.25 Å². The van der Waals surface area contributed by atoms with Crippen LogP contribution in [0.1, 0.15) is 20.3 Å². The van der Waals surface area contributed by atoms with Crippen LogP contribution in [0.25, 0.3) is 0 Å². The van der Waals surface area contributed by atoms with Crippen molar-refractivity contribution in [3.05, 3.63) is 29.3 Å². The van der Waals surface area contributed by atoms with E-state index in [1.165, 1.54) is 11.8 Å².